The number of carbonyl (C=O) groups is 1. The molecule has 3 heteroatoms. The average Bonchev–Trinajstić information content (AvgIpc) is 2.62. The monoisotopic (exact) mass is 318 g/mol. The van der Waals surface area contributed by atoms with Crippen molar-refractivity contribution in [2.45, 2.75) is 12.8 Å². The van der Waals surface area contributed by atoms with Gasteiger partial charge >= 0.3 is 5.97 Å². The fraction of sp³-hybridized carbons (Fsp3) is 0.0952. The van der Waals surface area contributed by atoms with Crippen LogP contribution in [0.4, 0.5) is 0 Å². The van der Waals surface area contributed by atoms with Crippen LogP contribution in [0.25, 0.3) is 11.1 Å². The fourth-order valence-electron chi connectivity index (χ4n) is 2.51. The highest BCUT2D eigenvalue weighted by molar-refractivity contribution is 5.71. The maximum Gasteiger partial charge on any atom is 0.303 e. The van der Waals surface area contributed by atoms with Crippen molar-refractivity contribution in [3.05, 3.63) is 84.4 Å². The zero-order valence-corrected chi connectivity index (χ0v) is 13.2. The van der Waals surface area contributed by atoms with Gasteiger partial charge in [-0.25, -0.2) is 0 Å². The lowest BCUT2D eigenvalue weighted by atomic mass is 10.0. The quantitative estimate of drug-likeness (QED) is 0.682. The molecule has 0 radical (unpaired) electrons. The lowest BCUT2D eigenvalue weighted by molar-refractivity contribution is -0.136. The molecule has 3 rings (SSSR count). The molecule has 0 saturated heterocycles. The zero-order valence-electron chi connectivity index (χ0n) is 13.2. The first-order chi connectivity index (χ1) is 11.7. The molecule has 0 aliphatic rings. The molecule has 1 N–H and O–H groups in total. The maximum absolute atomic E-state index is 10.7. The molecule has 3 aromatic rings. The minimum Gasteiger partial charge on any atom is -0.481 e. The Balaban J connectivity index is 1.83. The molecular weight excluding hydrogens is 300 g/mol. The van der Waals surface area contributed by atoms with E-state index in [0.717, 1.165) is 28.2 Å². The van der Waals surface area contributed by atoms with Gasteiger partial charge in [-0.05, 0) is 35.7 Å². The normalized spacial score (nSPS) is 10.3. The van der Waals surface area contributed by atoms with Crippen molar-refractivity contribution in [1.82, 2.24) is 0 Å². The molecule has 0 spiro atoms. The van der Waals surface area contributed by atoms with Crippen LogP contribution in [-0.4, -0.2) is 11.1 Å². The Morgan fingerprint density at radius 3 is 2.21 bits per heavy atom. The van der Waals surface area contributed by atoms with E-state index in [4.69, 9.17) is 9.84 Å². The molecule has 0 aliphatic heterocycles. The highest BCUT2D eigenvalue weighted by atomic mass is 16.5. The number of para-hydroxylation sites is 2. The number of ether oxygens (including phenoxy) is 1. The maximum atomic E-state index is 10.7. The summed E-state index contributed by atoms with van der Waals surface area (Å²) in [7, 11) is 0. The molecule has 0 bridgehead atoms. The number of carboxylic acid groups (broad SMARTS) is 1. The number of aliphatic carboxylic acids is 1. The first kappa shape index (κ1) is 15.8. The van der Waals surface area contributed by atoms with Crippen LogP contribution in [0, 0.1) is 0 Å². The van der Waals surface area contributed by atoms with Gasteiger partial charge in [-0.2, -0.15) is 0 Å². The van der Waals surface area contributed by atoms with E-state index in [2.05, 4.69) is 0 Å². The van der Waals surface area contributed by atoms with Gasteiger partial charge in [0.1, 0.15) is 11.5 Å². The van der Waals surface area contributed by atoms with Gasteiger partial charge in [-0.15, -0.1) is 0 Å². The summed E-state index contributed by atoms with van der Waals surface area (Å²) < 4.78 is 6.00. The van der Waals surface area contributed by atoms with Crippen LogP contribution >= 0.6 is 0 Å². The molecule has 0 saturated carbocycles. The molecule has 0 amide bonds. The third-order valence-electron chi connectivity index (χ3n) is 3.75. The minimum absolute atomic E-state index is 0.146. The molecule has 0 fully saturated rings. The highest BCUT2D eigenvalue weighted by Gasteiger charge is 2.07. The highest BCUT2D eigenvalue weighted by Crippen LogP contribution is 2.33. The zero-order chi connectivity index (χ0) is 16.8. The Kier molecular flexibility index (Phi) is 4.92. The van der Waals surface area contributed by atoms with Crippen molar-refractivity contribution in [2.75, 3.05) is 0 Å². The van der Waals surface area contributed by atoms with Crippen LogP contribution in [0.2, 0.25) is 0 Å². The summed E-state index contributed by atoms with van der Waals surface area (Å²) in [6.07, 6.45) is 0.685. The fourth-order valence-corrected chi connectivity index (χ4v) is 2.51. The van der Waals surface area contributed by atoms with E-state index in [1.54, 1.807) is 0 Å². The summed E-state index contributed by atoms with van der Waals surface area (Å²) in [5.41, 5.74) is 3.06. The average molecular weight is 318 g/mol. The van der Waals surface area contributed by atoms with E-state index >= 15 is 0 Å². The Morgan fingerprint density at radius 1 is 0.833 bits per heavy atom. The lowest BCUT2D eigenvalue weighted by Gasteiger charge is -2.11. The number of hydrogen-bond acceptors (Lipinski definition) is 2. The lowest BCUT2D eigenvalue weighted by Crippen LogP contribution is -1.97. The van der Waals surface area contributed by atoms with Crippen LogP contribution < -0.4 is 4.74 Å². The second-order valence-electron chi connectivity index (χ2n) is 5.50. The summed E-state index contributed by atoms with van der Waals surface area (Å²) >= 11 is 0. The molecule has 0 aliphatic carbocycles. The number of benzene rings is 3. The Morgan fingerprint density at radius 2 is 1.50 bits per heavy atom. The van der Waals surface area contributed by atoms with Gasteiger partial charge in [0.25, 0.3) is 0 Å². The van der Waals surface area contributed by atoms with Gasteiger partial charge in [0.15, 0.2) is 0 Å². The van der Waals surface area contributed by atoms with Gasteiger partial charge in [0.05, 0.1) is 0 Å². The topological polar surface area (TPSA) is 46.5 Å². The molecular formula is C21H18O3. The smallest absolute Gasteiger partial charge is 0.303 e. The summed E-state index contributed by atoms with van der Waals surface area (Å²) in [5, 5.41) is 8.77. The summed E-state index contributed by atoms with van der Waals surface area (Å²) in [6.45, 7) is 0. The van der Waals surface area contributed by atoms with Crippen molar-refractivity contribution < 1.29 is 14.6 Å². The number of rotatable bonds is 6. The minimum atomic E-state index is -0.777. The molecule has 3 nitrogen and oxygen atoms in total. The number of carboxylic acids is 1. The van der Waals surface area contributed by atoms with Crippen molar-refractivity contribution in [2.24, 2.45) is 0 Å². The van der Waals surface area contributed by atoms with Crippen LogP contribution in [-0.2, 0) is 11.2 Å². The van der Waals surface area contributed by atoms with Crippen LogP contribution in [0.1, 0.15) is 12.0 Å². The molecule has 0 aromatic heterocycles. The predicted molar refractivity (Wildman–Crippen MR) is 94.4 cm³/mol. The first-order valence-corrected chi connectivity index (χ1v) is 7.85. The van der Waals surface area contributed by atoms with E-state index in [-0.39, 0.29) is 6.42 Å². The molecule has 0 heterocycles. The summed E-state index contributed by atoms with van der Waals surface area (Å²) in [5.74, 6) is 0.811. The van der Waals surface area contributed by atoms with Crippen molar-refractivity contribution >= 4 is 5.97 Å². The molecule has 0 unspecified atom stereocenters. The summed E-state index contributed by atoms with van der Waals surface area (Å²) in [4.78, 5) is 10.7. The second-order valence-corrected chi connectivity index (χ2v) is 5.50. The number of aryl methyl sites for hydroxylation is 1. The van der Waals surface area contributed by atoms with E-state index < -0.39 is 5.97 Å². The number of hydrogen-bond donors (Lipinski definition) is 1. The van der Waals surface area contributed by atoms with Crippen LogP contribution in [0.15, 0.2) is 78.9 Å². The standard InChI is InChI=1S/C21H18O3/c22-21(23)15-12-16-10-13-17(14-11-16)19-8-4-5-9-20(19)24-18-6-2-1-3-7-18/h1-11,13-14H,12,15H2,(H,22,23). The largest absolute Gasteiger partial charge is 0.481 e. The Hall–Kier alpha value is -3.07. The van der Waals surface area contributed by atoms with E-state index in [9.17, 15) is 4.79 Å². The van der Waals surface area contributed by atoms with Gasteiger partial charge in [0.2, 0.25) is 0 Å². The van der Waals surface area contributed by atoms with E-state index in [0.29, 0.717) is 6.42 Å². The second kappa shape index (κ2) is 7.47. The van der Waals surface area contributed by atoms with Crippen molar-refractivity contribution in [3.8, 4) is 22.6 Å². The Labute approximate surface area is 141 Å². The third kappa shape index (κ3) is 4.02. The summed E-state index contributed by atoms with van der Waals surface area (Å²) in [6, 6.07) is 25.5. The van der Waals surface area contributed by atoms with Gasteiger partial charge in [0, 0.05) is 12.0 Å². The molecule has 3 aromatic carbocycles. The van der Waals surface area contributed by atoms with Crippen LogP contribution in [0.5, 0.6) is 11.5 Å². The molecule has 0 atom stereocenters. The third-order valence-corrected chi connectivity index (χ3v) is 3.75. The van der Waals surface area contributed by atoms with Gasteiger partial charge < -0.3 is 9.84 Å². The van der Waals surface area contributed by atoms with Crippen LogP contribution in [0.3, 0.4) is 0 Å². The van der Waals surface area contributed by atoms with Crippen molar-refractivity contribution in [1.29, 1.82) is 0 Å². The SMILES string of the molecule is O=C(O)CCc1ccc(-c2ccccc2Oc2ccccc2)cc1. The van der Waals surface area contributed by atoms with E-state index in [1.807, 2.05) is 78.9 Å². The van der Waals surface area contributed by atoms with E-state index in [1.165, 1.54) is 0 Å². The van der Waals surface area contributed by atoms with Crippen molar-refractivity contribution in [3.63, 3.8) is 0 Å². The van der Waals surface area contributed by atoms with Gasteiger partial charge in [-0.3, -0.25) is 4.79 Å². The van der Waals surface area contributed by atoms with Gasteiger partial charge in [-0.1, -0.05) is 60.7 Å². The first-order valence-electron chi connectivity index (χ1n) is 7.85. The predicted octanol–water partition coefficient (Wildman–Crippen LogP) is 5.16. The Bertz CT molecular complexity index is 808. The molecule has 120 valence electrons. The molecule has 24 heavy (non-hydrogen) atoms.